The van der Waals surface area contributed by atoms with Gasteiger partial charge in [-0.1, -0.05) is 11.6 Å². The number of hydroxylamine groups is 2. The van der Waals surface area contributed by atoms with E-state index in [4.69, 9.17) is 15.9 Å². The van der Waals surface area contributed by atoms with Crippen LogP contribution in [0.25, 0.3) is 0 Å². The minimum Gasteiger partial charge on any atom is -0.468 e. The quantitative estimate of drug-likeness (QED) is 0.766. The maximum Gasteiger partial charge on any atom is 0.323 e. The van der Waals surface area contributed by atoms with E-state index in [1.807, 2.05) is 24.3 Å². The summed E-state index contributed by atoms with van der Waals surface area (Å²) < 4.78 is 24.2. The molecule has 1 unspecified atom stereocenters. The lowest BCUT2D eigenvalue weighted by molar-refractivity contribution is -0.142. The summed E-state index contributed by atoms with van der Waals surface area (Å²) >= 11 is 4.10. The molecular weight excluding hydrogens is 342 g/mol. The molecule has 0 aromatic heterocycles. The standard InChI is InChI=1S/C14H20ClN3O4S/c1-11(14(19)21-2)16-23(20)22-18-9-7-17(8-10-18)13-5-3-12(15)4-6-13/h3-6,11,16H,7-10H2,1-2H3/t11-,23?/m1/s1. The van der Waals surface area contributed by atoms with Gasteiger partial charge in [-0.3, -0.25) is 4.79 Å². The second-order valence-corrected chi connectivity index (χ2v) is 6.36. The molecule has 0 saturated carbocycles. The molecule has 2 atom stereocenters. The minimum atomic E-state index is -1.79. The Morgan fingerprint density at radius 2 is 1.87 bits per heavy atom. The fraction of sp³-hybridized carbons (Fsp3) is 0.500. The molecule has 1 heterocycles. The van der Waals surface area contributed by atoms with Gasteiger partial charge in [-0.25, -0.2) is 4.21 Å². The van der Waals surface area contributed by atoms with Gasteiger partial charge in [0.1, 0.15) is 6.04 Å². The van der Waals surface area contributed by atoms with Crippen molar-refractivity contribution in [1.82, 2.24) is 9.79 Å². The molecule has 128 valence electrons. The molecule has 1 aromatic rings. The molecule has 1 aromatic carbocycles. The highest BCUT2D eigenvalue weighted by atomic mass is 35.5. The lowest BCUT2D eigenvalue weighted by atomic mass is 10.2. The number of nitrogens with one attached hydrogen (secondary N) is 1. The van der Waals surface area contributed by atoms with Crippen LogP contribution in [-0.2, 0) is 25.1 Å². The second kappa shape index (κ2) is 8.60. The monoisotopic (exact) mass is 361 g/mol. The van der Waals surface area contributed by atoms with Gasteiger partial charge in [-0.05, 0) is 31.2 Å². The predicted molar refractivity (Wildman–Crippen MR) is 89.1 cm³/mol. The van der Waals surface area contributed by atoms with Gasteiger partial charge in [0.25, 0.3) is 11.3 Å². The van der Waals surface area contributed by atoms with E-state index in [-0.39, 0.29) is 0 Å². The zero-order chi connectivity index (χ0) is 16.8. The second-order valence-electron chi connectivity index (χ2n) is 5.06. The number of nitrogens with zero attached hydrogens (tertiary/aromatic N) is 2. The Bertz CT molecular complexity index is 549. The number of hydrogen-bond acceptors (Lipinski definition) is 6. The number of anilines is 1. The molecule has 1 fully saturated rings. The summed E-state index contributed by atoms with van der Waals surface area (Å²) in [5.41, 5.74) is 1.09. The third kappa shape index (κ3) is 5.43. The Kier molecular flexibility index (Phi) is 6.79. The van der Waals surface area contributed by atoms with E-state index < -0.39 is 23.3 Å². The largest absolute Gasteiger partial charge is 0.468 e. The number of rotatable bonds is 6. The first-order valence-corrected chi connectivity index (χ1v) is 8.64. The topological polar surface area (TPSA) is 71.1 Å². The van der Waals surface area contributed by atoms with Gasteiger partial charge in [0.2, 0.25) is 0 Å². The van der Waals surface area contributed by atoms with Gasteiger partial charge in [0.05, 0.1) is 7.11 Å². The molecule has 1 aliphatic rings. The highest BCUT2D eigenvalue weighted by Crippen LogP contribution is 2.19. The van der Waals surface area contributed by atoms with Crippen LogP contribution < -0.4 is 9.62 Å². The summed E-state index contributed by atoms with van der Waals surface area (Å²) in [4.78, 5) is 13.5. The SMILES string of the molecule is COC(=O)[C@@H](C)NS(=O)ON1CCN(c2ccc(Cl)cc2)CC1. The molecule has 7 nitrogen and oxygen atoms in total. The number of hydrogen-bond donors (Lipinski definition) is 1. The summed E-state index contributed by atoms with van der Waals surface area (Å²) in [5, 5.41) is 2.33. The first kappa shape index (κ1) is 18.2. The first-order chi connectivity index (χ1) is 11.0. The van der Waals surface area contributed by atoms with Crippen LogP contribution in [0.1, 0.15) is 6.92 Å². The maximum absolute atomic E-state index is 11.8. The van der Waals surface area contributed by atoms with Gasteiger partial charge in [0, 0.05) is 36.9 Å². The Morgan fingerprint density at radius 3 is 2.43 bits per heavy atom. The van der Waals surface area contributed by atoms with Gasteiger partial charge in [-0.15, -0.1) is 0 Å². The molecule has 0 radical (unpaired) electrons. The van der Waals surface area contributed by atoms with Crippen molar-refractivity contribution in [3.8, 4) is 0 Å². The van der Waals surface area contributed by atoms with E-state index in [1.54, 1.807) is 12.0 Å². The number of benzene rings is 1. The van der Waals surface area contributed by atoms with Crippen LogP contribution in [0, 0.1) is 0 Å². The zero-order valence-electron chi connectivity index (χ0n) is 13.0. The molecule has 0 spiro atoms. The van der Waals surface area contributed by atoms with Gasteiger partial charge < -0.3 is 9.64 Å². The minimum absolute atomic E-state index is 0.491. The zero-order valence-corrected chi connectivity index (χ0v) is 14.6. The molecule has 2 rings (SSSR count). The Morgan fingerprint density at radius 1 is 1.26 bits per heavy atom. The molecule has 1 aliphatic heterocycles. The van der Waals surface area contributed by atoms with E-state index in [0.29, 0.717) is 18.1 Å². The lowest BCUT2D eigenvalue weighted by Gasteiger charge is -2.34. The normalized spacial score (nSPS) is 18.5. The van der Waals surface area contributed by atoms with Crippen LogP contribution in [0.3, 0.4) is 0 Å². The third-order valence-electron chi connectivity index (χ3n) is 3.43. The molecule has 0 aliphatic carbocycles. The molecular formula is C14H20ClN3O4S. The molecule has 0 bridgehead atoms. The summed E-state index contributed by atoms with van der Waals surface area (Å²) in [5.74, 6) is -0.491. The predicted octanol–water partition coefficient (Wildman–Crippen LogP) is 1.12. The number of carbonyl (C=O) groups excluding carboxylic acids is 1. The van der Waals surface area contributed by atoms with Crippen molar-refractivity contribution in [2.24, 2.45) is 0 Å². The summed E-state index contributed by atoms with van der Waals surface area (Å²) in [6, 6.07) is 6.95. The number of ether oxygens (including phenoxy) is 1. The van der Waals surface area contributed by atoms with Crippen LogP contribution in [0.5, 0.6) is 0 Å². The van der Waals surface area contributed by atoms with E-state index in [1.165, 1.54) is 7.11 Å². The summed E-state index contributed by atoms with van der Waals surface area (Å²) in [6.45, 7) is 4.24. The number of carbonyl (C=O) groups is 1. The number of methoxy groups -OCH3 is 1. The van der Waals surface area contributed by atoms with Crippen molar-refractivity contribution >= 4 is 34.5 Å². The Labute approximate surface area is 143 Å². The van der Waals surface area contributed by atoms with E-state index in [0.717, 1.165) is 18.8 Å². The average molecular weight is 362 g/mol. The van der Waals surface area contributed by atoms with Crippen molar-refractivity contribution in [2.75, 3.05) is 38.2 Å². The van der Waals surface area contributed by atoms with Crippen LogP contribution >= 0.6 is 11.6 Å². The van der Waals surface area contributed by atoms with E-state index >= 15 is 0 Å². The van der Waals surface area contributed by atoms with Gasteiger partial charge in [-0.2, -0.15) is 14.1 Å². The smallest absolute Gasteiger partial charge is 0.323 e. The van der Waals surface area contributed by atoms with E-state index in [9.17, 15) is 9.00 Å². The average Bonchev–Trinajstić information content (AvgIpc) is 2.55. The number of piperazine rings is 1. The Balaban J connectivity index is 1.77. The molecule has 23 heavy (non-hydrogen) atoms. The molecule has 1 N–H and O–H groups in total. The number of esters is 1. The molecule has 0 amide bonds. The van der Waals surface area contributed by atoms with Crippen LogP contribution in [0.15, 0.2) is 24.3 Å². The van der Waals surface area contributed by atoms with Crippen molar-refractivity contribution in [3.05, 3.63) is 29.3 Å². The molecule has 9 heteroatoms. The van der Waals surface area contributed by atoms with Crippen molar-refractivity contribution in [3.63, 3.8) is 0 Å². The van der Waals surface area contributed by atoms with Crippen molar-refractivity contribution in [2.45, 2.75) is 13.0 Å². The fourth-order valence-corrected chi connectivity index (χ4v) is 3.05. The van der Waals surface area contributed by atoms with Crippen molar-refractivity contribution < 1.29 is 18.0 Å². The van der Waals surface area contributed by atoms with Gasteiger partial charge >= 0.3 is 5.97 Å². The lowest BCUT2D eigenvalue weighted by Crippen LogP contribution is -2.48. The van der Waals surface area contributed by atoms with Crippen LogP contribution in [0.4, 0.5) is 5.69 Å². The van der Waals surface area contributed by atoms with Crippen molar-refractivity contribution in [1.29, 1.82) is 0 Å². The summed E-state index contributed by atoms with van der Waals surface area (Å²) in [7, 11) is 1.28. The highest BCUT2D eigenvalue weighted by molar-refractivity contribution is 7.78. The maximum atomic E-state index is 11.8. The molecule has 1 saturated heterocycles. The van der Waals surface area contributed by atoms with Crippen LogP contribution in [0.2, 0.25) is 5.02 Å². The Hall–Kier alpha value is -1.19. The fourth-order valence-electron chi connectivity index (χ4n) is 2.16. The van der Waals surface area contributed by atoms with Crippen LogP contribution in [-0.4, -0.2) is 54.6 Å². The third-order valence-corrected chi connectivity index (χ3v) is 4.58. The highest BCUT2D eigenvalue weighted by Gasteiger charge is 2.22. The summed E-state index contributed by atoms with van der Waals surface area (Å²) in [6.07, 6.45) is 0. The number of halogens is 1. The van der Waals surface area contributed by atoms with Gasteiger partial charge in [0.15, 0.2) is 0 Å². The first-order valence-electron chi connectivity index (χ1n) is 7.19. The van der Waals surface area contributed by atoms with E-state index in [2.05, 4.69) is 14.4 Å².